The highest BCUT2D eigenvalue weighted by molar-refractivity contribution is 5.92. The lowest BCUT2D eigenvalue weighted by molar-refractivity contribution is 0.0705. The molecule has 4 N–H and O–H groups in total. The van der Waals surface area contributed by atoms with Crippen LogP contribution in [0.5, 0.6) is 0 Å². The summed E-state index contributed by atoms with van der Waals surface area (Å²) in [6, 6.07) is 0.0305. The highest BCUT2D eigenvalue weighted by Crippen LogP contribution is 2.31. The Labute approximate surface area is 217 Å². The van der Waals surface area contributed by atoms with Crippen molar-refractivity contribution in [3.05, 3.63) is 36.2 Å². The van der Waals surface area contributed by atoms with Gasteiger partial charge in [-0.2, -0.15) is 0 Å². The Kier molecular flexibility index (Phi) is 6.93. The van der Waals surface area contributed by atoms with Crippen molar-refractivity contribution in [2.75, 3.05) is 48.9 Å². The molecular formula is C23H28N12O3. The van der Waals surface area contributed by atoms with Crippen LogP contribution in [0, 0.1) is 0 Å². The van der Waals surface area contributed by atoms with Crippen molar-refractivity contribution in [1.82, 2.24) is 44.9 Å². The summed E-state index contributed by atoms with van der Waals surface area (Å²) in [6.45, 7) is 7.02. The number of nitrogens with one attached hydrogen (secondary N) is 1. The lowest BCUT2D eigenvalue weighted by Crippen LogP contribution is -2.37. The number of nitrogens with two attached hydrogens (primary N) is 1. The Bertz CT molecular complexity index is 1430. The fourth-order valence-electron chi connectivity index (χ4n) is 4.22. The summed E-state index contributed by atoms with van der Waals surface area (Å²) in [4.78, 5) is 47.1. The number of ether oxygens (including phenoxy) is 1. The van der Waals surface area contributed by atoms with Crippen molar-refractivity contribution < 1.29 is 14.7 Å². The minimum Gasteiger partial charge on any atom is -0.378 e. The van der Waals surface area contributed by atoms with Gasteiger partial charge in [0.05, 0.1) is 30.9 Å². The van der Waals surface area contributed by atoms with E-state index >= 15 is 0 Å². The van der Waals surface area contributed by atoms with Gasteiger partial charge < -0.3 is 24.8 Å². The predicted octanol–water partition coefficient (Wildman–Crippen LogP) is 0.828. The first-order valence-corrected chi connectivity index (χ1v) is 12.0. The lowest BCUT2D eigenvalue weighted by atomic mass is 10.3. The molecule has 0 radical (unpaired) electrons. The third-order valence-corrected chi connectivity index (χ3v) is 6.07. The van der Waals surface area contributed by atoms with Gasteiger partial charge in [0.2, 0.25) is 11.9 Å². The van der Waals surface area contributed by atoms with Crippen LogP contribution in [0.4, 0.5) is 17.7 Å². The third-order valence-electron chi connectivity index (χ3n) is 6.07. The van der Waals surface area contributed by atoms with Gasteiger partial charge in [-0.3, -0.25) is 10.0 Å². The maximum Gasteiger partial charge on any atom is 0.277 e. The average molecular weight is 521 g/mol. The molecule has 1 fully saturated rings. The predicted molar refractivity (Wildman–Crippen MR) is 138 cm³/mol. The number of carbonyl (C=O) groups excluding carboxylic acids is 1. The number of nitrogen functional groups attached to an aromatic ring is 1. The van der Waals surface area contributed by atoms with E-state index in [0.717, 1.165) is 5.82 Å². The molecular weight excluding hydrogens is 492 g/mol. The topological polar surface area (TPSA) is 186 Å². The summed E-state index contributed by atoms with van der Waals surface area (Å²) in [7, 11) is 1.83. The zero-order chi connectivity index (χ0) is 26.8. The number of aromatic nitrogens is 8. The molecule has 0 spiro atoms. The number of hydrogen-bond donors (Lipinski definition) is 3. The molecule has 1 aliphatic rings. The number of rotatable bonds is 7. The highest BCUT2D eigenvalue weighted by Gasteiger charge is 2.25. The van der Waals surface area contributed by atoms with Crippen LogP contribution in [0.1, 0.15) is 36.1 Å². The summed E-state index contributed by atoms with van der Waals surface area (Å²) in [5.74, 6) is 1.81. The number of imidazole rings is 1. The van der Waals surface area contributed by atoms with Gasteiger partial charge in [0.1, 0.15) is 5.82 Å². The molecule has 0 saturated carbocycles. The molecule has 5 rings (SSSR count). The van der Waals surface area contributed by atoms with E-state index in [-0.39, 0.29) is 17.6 Å². The van der Waals surface area contributed by atoms with E-state index < -0.39 is 5.91 Å². The third kappa shape index (κ3) is 4.88. The fraction of sp³-hybridized carbons (Fsp3) is 0.391. The Hall–Kier alpha value is -4.50. The number of carbonyl (C=O) groups is 1. The average Bonchev–Trinajstić information content (AvgIpc) is 3.31. The van der Waals surface area contributed by atoms with Gasteiger partial charge in [-0.1, -0.05) is 0 Å². The van der Waals surface area contributed by atoms with E-state index in [1.807, 2.05) is 11.9 Å². The normalized spacial score (nSPS) is 13.8. The smallest absolute Gasteiger partial charge is 0.277 e. The molecule has 0 bridgehead atoms. The summed E-state index contributed by atoms with van der Waals surface area (Å²) in [5.41, 5.74) is 9.41. The number of anilines is 3. The maximum absolute atomic E-state index is 11.6. The van der Waals surface area contributed by atoms with Crippen molar-refractivity contribution in [1.29, 1.82) is 0 Å². The largest absolute Gasteiger partial charge is 0.378 e. The molecule has 0 unspecified atom stereocenters. The van der Waals surface area contributed by atoms with Crippen molar-refractivity contribution in [2.24, 2.45) is 0 Å². The number of hydrogen-bond acceptors (Lipinski definition) is 13. The van der Waals surface area contributed by atoms with Gasteiger partial charge in [0, 0.05) is 51.0 Å². The minimum atomic E-state index is -0.683. The van der Waals surface area contributed by atoms with Crippen LogP contribution in [0.2, 0.25) is 0 Å². The first kappa shape index (κ1) is 25.2. The molecule has 1 amide bonds. The zero-order valence-electron chi connectivity index (χ0n) is 21.2. The number of hydroxylamine groups is 1. The summed E-state index contributed by atoms with van der Waals surface area (Å²) >= 11 is 0. The number of amides is 1. The minimum absolute atomic E-state index is 0.0305. The second-order valence-electron chi connectivity index (χ2n) is 9.03. The van der Waals surface area contributed by atoms with Crippen LogP contribution in [-0.2, 0) is 11.3 Å². The number of nitrogens with zero attached hydrogens (tertiary/aromatic N) is 10. The number of fused-ring (bicyclic) bond motifs is 1. The molecule has 4 aromatic heterocycles. The van der Waals surface area contributed by atoms with E-state index in [4.69, 9.17) is 30.6 Å². The second-order valence-corrected chi connectivity index (χ2v) is 9.03. The summed E-state index contributed by atoms with van der Waals surface area (Å²) in [5, 5.41) is 8.82. The fourth-order valence-corrected chi connectivity index (χ4v) is 4.22. The molecule has 38 heavy (non-hydrogen) atoms. The van der Waals surface area contributed by atoms with Crippen LogP contribution in [0.15, 0.2) is 24.8 Å². The molecule has 4 aromatic rings. The Morgan fingerprint density at radius 2 is 1.79 bits per heavy atom. The van der Waals surface area contributed by atoms with E-state index in [1.54, 1.807) is 17.9 Å². The van der Waals surface area contributed by atoms with E-state index in [1.165, 1.54) is 12.4 Å². The molecule has 0 aliphatic carbocycles. The monoisotopic (exact) mass is 520 g/mol. The van der Waals surface area contributed by atoms with Crippen molar-refractivity contribution in [2.45, 2.75) is 26.4 Å². The molecule has 1 aliphatic heterocycles. The van der Waals surface area contributed by atoms with Gasteiger partial charge in [-0.05, 0) is 13.8 Å². The Morgan fingerprint density at radius 3 is 2.42 bits per heavy atom. The summed E-state index contributed by atoms with van der Waals surface area (Å²) in [6.07, 6.45) is 5.91. The maximum atomic E-state index is 11.6. The Balaban J connectivity index is 1.59. The SMILES string of the molecule is CC(C)n1c(CN(C)c2ncc(C(=O)NO)cn2)nc2c(N3CCOCC3)nc(-c3cnc(N)nc3)nc21. The second kappa shape index (κ2) is 10.5. The standard InChI is InChI=1S/C23H28N12O3/c1-13(2)35-16(12-33(3)23-27-10-15(11-28-23)21(36)32-37)29-17-19(34-4-6-38-7-5-34)30-18(31-20(17)35)14-8-25-22(24)26-9-14/h8-11,13,37H,4-7,12H2,1-3H3,(H,32,36)(H2,24,25,26). The van der Waals surface area contributed by atoms with Gasteiger partial charge in [-0.25, -0.2) is 40.4 Å². The first-order valence-electron chi connectivity index (χ1n) is 12.0. The number of morpholine rings is 1. The summed E-state index contributed by atoms with van der Waals surface area (Å²) < 4.78 is 7.62. The van der Waals surface area contributed by atoms with Crippen molar-refractivity contribution in [3.8, 4) is 11.4 Å². The van der Waals surface area contributed by atoms with Crippen LogP contribution < -0.4 is 21.0 Å². The van der Waals surface area contributed by atoms with Gasteiger partial charge >= 0.3 is 0 Å². The van der Waals surface area contributed by atoms with Crippen LogP contribution in [0.3, 0.4) is 0 Å². The van der Waals surface area contributed by atoms with Crippen LogP contribution >= 0.6 is 0 Å². The van der Waals surface area contributed by atoms with Gasteiger partial charge in [0.15, 0.2) is 22.8 Å². The van der Waals surface area contributed by atoms with Crippen molar-refractivity contribution >= 4 is 34.8 Å². The molecule has 198 valence electrons. The molecule has 0 aromatic carbocycles. The lowest BCUT2D eigenvalue weighted by Gasteiger charge is -2.28. The highest BCUT2D eigenvalue weighted by atomic mass is 16.5. The van der Waals surface area contributed by atoms with E-state index in [2.05, 4.69) is 43.3 Å². The van der Waals surface area contributed by atoms with Crippen LogP contribution in [0.25, 0.3) is 22.6 Å². The molecule has 15 nitrogen and oxygen atoms in total. The van der Waals surface area contributed by atoms with Gasteiger partial charge in [-0.15, -0.1) is 0 Å². The zero-order valence-corrected chi connectivity index (χ0v) is 21.2. The van der Waals surface area contributed by atoms with Gasteiger partial charge in [0.25, 0.3) is 5.91 Å². The molecule has 15 heteroatoms. The van der Waals surface area contributed by atoms with E-state index in [9.17, 15) is 4.79 Å². The molecule has 5 heterocycles. The Morgan fingerprint density at radius 1 is 1.11 bits per heavy atom. The van der Waals surface area contributed by atoms with Crippen LogP contribution in [-0.4, -0.2) is 83.9 Å². The first-order chi connectivity index (χ1) is 18.4. The molecule has 1 saturated heterocycles. The quantitative estimate of drug-likeness (QED) is 0.230. The molecule has 0 atom stereocenters. The van der Waals surface area contributed by atoms with E-state index in [0.29, 0.717) is 67.2 Å². The van der Waals surface area contributed by atoms with Crippen molar-refractivity contribution in [3.63, 3.8) is 0 Å².